The number of ether oxygens (including phenoxy) is 3. The summed E-state index contributed by atoms with van der Waals surface area (Å²) in [4.78, 5) is 0. The lowest BCUT2D eigenvalue weighted by atomic mass is 9.79. The molecular formula is C25H29F3O3. The highest BCUT2D eigenvalue weighted by molar-refractivity contribution is 6.04. The van der Waals surface area contributed by atoms with Crippen LogP contribution in [0.15, 0.2) is 18.2 Å². The summed E-state index contributed by atoms with van der Waals surface area (Å²) in [6.07, 6.45) is 6.87. The van der Waals surface area contributed by atoms with E-state index in [2.05, 4.69) is 6.92 Å². The molecule has 1 fully saturated rings. The molecule has 0 bridgehead atoms. The Morgan fingerprint density at radius 2 is 1.71 bits per heavy atom. The van der Waals surface area contributed by atoms with Gasteiger partial charge in [-0.25, -0.2) is 8.78 Å². The summed E-state index contributed by atoms with van der Waals surface area (Å²) in [5.74, 6) is -2.78. The third-order valence-corrected chi connectivity index (χ3v) is 6.19. The maximum Gasteiger partial charge on any atom is 0.201 e. The molecule has 6 heteroatoms. The molecule has 2 unspecified atom stereocenters. The van der Waals surface area contributed by atoms with Crippen LogP contribution in [0.2, 0.25) is 0 Å². The maximum absolute atomic E-state index is 14.8. The van der Waals surface area contributed by atoms with E-state index >= 15 is 0 Å². The second-order valence-electron chi connectivity index (χ2n) is 8.36. The molecular weight excluding hydrogens is 405 g/mol. The van der Waals surface area contributed by atoms with Crippen LogP contribution < -0.4 is 9.47 Å². The van der Waals surface area contributed by atoms with Crippen LogP contribution >= 0.6 is 0 Å². The van der Waals surface area contributed by atoms with Gasteiger partial charge in [-0.3, -0.25) is 0 Å². The van der Waals surface area contributed by atoms with Crippen molar-refractivity contribution in [3.05, 3.63) is 35.7 Å². The first-order valence-electron chi connectivity index (χ1n) is 11.3. The van der Waals surface area contributed by atoms with Gasteiger partial charge < -0.3 is 14.2 Å². The van der Waals surface area contributed by atoms with Gasteiger partial charge in [0.1, 0.15) is 0 Å². The van der Waals surface area contributed by atoms with Crippen molar-refractivity contribution in [3.63, 3.8) is 0 Å². The predicted molar refractivity (Wildman–Crippen MR) is 114 cm³/mol. The van der Waals surface area contributed by atoms with Crippen LogP contribution in [0.4, 0.5) is 13.2 Å². The number of rotatable bonds is 9. The number of benzene rings is 2. The molecule has 1 saturated heterocycles. The Labute approximate surface area is 181 Å². The number of fused-ring (bicyclic) bond motifs is 4. The molecule has 1 heterocycles. The summed E-state index contributed by atoms with van der Waals surface area (Å²) in [6, 6.07) is 4.65. The van der Waals surface area contributed by atoms with Crippen LogP contribution in [-0.2, 0) is 4.74 Å². The molecule has 31 heavy (non-hydrogen) atoms. The van der Waals surface area contributed by atoms with Gasteiger partial charge in [0.2, 0.25) is 5.82 Å². The zero-order chi connectivity index (χ0) is 22.0. The molecule has 0 amide bonds. The first-order valence-corrected chi connectivity index (χ1v) is 11.3. The quantitative estimate of drug-likeness (QED) is 0.343. The van der Waals surface area contributed by atoms with Crippen LogP contribution in [-0.4, -0.2) is 25.9 Å². The minimum atomic E-state index is -1.08. The fraction of sp³-hybridized carbons (Fsp3) is 0.520. The normalized spacial score (nSPS) is 19.4. The summed E-state index contributed by atoms with van der Waals surface area (Å²) in [7, 11) is 0. The summed E-state index contributed by atoms with van der Waals surface area (Å²) < 4.78 is 60.9. The predicted octanol–water partition coefficient (Wildman–Crippen LogP) is 6.90. The molecule has 0 aromatic heterocycles. The standard InChI is InChI=1S/C25H29F3O3/c1-3-5-6-7-16-9-8-15(13-30-16)14-31-20-12-18-17-10-11-19(29-4-2)23(26)21(17)22(18)25(28)24(20)27/h10-12,15-16H,3-9,13-14H2,1-2H3. The van der Waals surface area contributed by atoms with E-state index in [1.807, 2.05) is 0 Å². The Kier molecular flexibility index (Phi) is 6.75. The van der Waals surface area contributed by atoms with Gasteiger partial charge in [0.05, 0.1) is 25.9 Å². The summed E-state index contributed by atoms with van der Waals surface area (Å²) >= 11 is 0. The van der Waals surface area contributed by atoms with Crippen LogP contribution in [0.25, 0.3) is 22.3 Å². The highest BCUT2D eigenvalue weighted by atomic mass is 19.2. The maximum atomic E-state index is 14.8. The SMILES string of the molecule is CCCCCC1CCC(COc2cc3c(c(F)c2F)-c2c-3ccc(OCC)c2F)CO1. The molecule has 0 saturated carbocycles. The van der Waals surface area contributed by atoms with Gasteiger partial charge in [0.15, 0.2) is 23.1 Å². The van der Waals surface area contributed by atoms with Crippen molar-refractivity contribution in [2.75, 3.05) is 19.8 Å². The highest BCUT2D eigenvalue weighted by Crippen LogP contribution is 2.53. The zero-order valence-corrected chi connectivity index (χ0v) is 18.1. The molecule has 0 spiro atoms. The fourth-order valence-corrected chi connectivity index (χ4v) is 4.44. The largest absolute Gasteiger partial charge is 0.491 e. The molecule has 1 aliphatic carbocycles. The van der Waals surface area contributed by atoms with Gasteiger partial charge in [-0.1, -0.05) is 26.2 Å². The van der Waals surface area contributed by atoms with Crippen LogP contribution in [0.5, 0.6) is 11.5 Å². The Morgan fingerprint density at radius 1 is 0.903 bits per heavy atom. The van der Waals surface area contributed by atoms with E-state index in [0.29, 0.717) is 23.8 Å². The second kappa shape index (κ2) is 9.51. The average molecular weight is 434 g/mol. The molecule has 1 aliphatic heterocycles. The third kappa shape index (κ3) is 4.27. The molecule has 0 N–H and O–H groups in total. The van der Waals surface area contributed by atoms with E-state index in [1.165, 1.54) is 31.4 Å². The second-order valence-corrected chi connectivity index (χ2v) is 8.36. The molecule has 3 nitrogen and oxygen atoms in total. The van der Waals surface area contributed by atoms with Crippen LogP contribution in [0.1, 0.15) is 52.4 Å². The van der Waals surface area contributed by atoms with E-state index in [1.54, 1.807) is 13.0 Å². The van der Waals surface area contributed by atoms with Gasteiger partial charge in [-0.15, -0.1) is 0 Å². The van der Waals surface area contributed by atoms with E-state index in [4.69, 9.17) is 14.2 Å². The summed E-state index contributed by atoms with van der Waals surface area (Å²) in [5, 5.41) is 0. The van der Waals surface area contributed by atoms with Gasteiger partial charge in [0.25, 0.3) is 0 Å². The lowest BCUT2D eigenvalue weighted by molar-refractivity contribution is -0.0317. The zero-order valence-electron chi connectivity index (χ0n) is 18.1. The van der Waals surface area contributed by atoms with Crippen molar-refractivity contribution in [1.29, 1.82) is 0 Å². The van der Waals surface area contributed by atoms with Gasteiger partial charge in [0, 0.05) is 17.0 Å². The van der Waals surface area contributed by atoms with E-state index < -0.39 is 17.5 Å². The minimum absolute atomic E-state index is 0.0392. The molecule has 2 aromatic carbocycles. The fourth-order valence-electron chi connectivity index (χ4n) is 4.44. The molecule has 2 atom stereocenters. The summed E-state index contributed by atoms with van der Waals surface area (Å²) in [6.45, 7) is 5.04. The van der Waals surface area contributed by atoms with Crippen LogP contribution in [0.3, 0.4) is 0 Å². The van der Waals surface area contributed by atoms with Crippen molar-refractivity contribution < 1.29 is 27.4 Å². The highest BCUT2D eigenvalue weighted by Gasteiger charge is 2.35. The number of unbranched alkanes of at least 4 members (excludes halogenated alkanes) is 2. The van der Waals surface area contributed by atoms with Gasteiger partial charge in [-0.2, -0.15) is 4.39 Å². The van der Waals surface area contributed by atoms with Crippen molar-refractivity contribution in [3.8, 4) is 33.8 Å². The van der Waals surface area contributed by atoms with E-state index in [-0.39, 0.29) is 41.8 Å². The lowest BCUT2D eigenvalue weighted by Crippen LogP contribution is -2.29. The first-order chi connectivity index (χ1) is 15.0. The van der Waals surface area contributed by atoms with E-state index in [9.17, 15) is 13.2 Å². The van der Waals surface area contributed by atoms with Crippen LogP contribution in [0, 0.1) is 23.4 Å². The van der Waals surface area contributed by atoms with Crippen molar-refractivity contribution in [1.82, 2.24) is 0 Å². The van der Waals surface area contributed by atoms with Gasteiger partial charge >= 0.3 is 0 Å². The Morgan fingerprint density at radius 3 is 2.42 bits per heavy atom. The monoisotopic (exact) mass is 434 g/mol. The minimum Gasteiger partial charge on any atom is -0.491 e. The molecule has 168 valence electrons. The Bertz CT molecular complexity index is 936. The summed E-state index contributed by atoms with van der Waals surface area (Å²) in [5.41, 5.74) is 1.02. The van der Waals surface area contributed by atoms with Gasteiger partial charge in [-0.05, 0) is 55.5 Å². The van der Waals surface area contributed by atoms with Crippen molar-refractivity contribution in [2.24, 2.45) is 5.92 Å². The van der Waals surface area contributed by atoms with Crippen molar-refractivity contribution >= 4 is 0 Å². The lowest BCUT2D eigenvalue weighted by Gasteiger charge is -2.30. The molecule has 4 rings (SSSR count). The Balaban J connectivity index is 1.41. The number of hydrogen-bond donors (Lipinski definition) is 0. The molecule has 2 aromatic rings. The molecule has 2 aliphatic rings. The Hall–Kier alpha value is -2.21. The van der Waals surface area contributed by atoms with E-state index in [0.717, 1.165) is 19.3 Å². The number of hydrogen-bond acceptors (Lipinski definition) is 3. The molecule has 0 radical (unpaired) electrons. The first kappa shape index (κ1) is 22.0. The third-order valence-electron chi connectivity index (χ3n) is 6.19. The number of halogens is 3. The smallest absolute Gasteiger partial charge is 0.201 e. The van der Waals surface area contributed by atoms with Crippen molar-refractivity contribution in [2.45, 2.75) is 58.5 Å². The average Bonchev–Trinajstić information content (AvgIpc) is 2.76. The topological polar surface area (TPSA) is 27.7 Å².